The second-order valence-electron chi connectivity index (χ2n) is 6.70. The van der Waals surface area contributed by atoms with Crippen LogP contribution in [0.5, 0.6) is 0 Å². The molecule has 0 saturated carbocycles. The summed E-state index contributed by atoms with van der Waals surface area (Å²) >= 11 is 0. The summed E-state index contributed by atoms with van der Waals surface area (Å²) in [5.74, 6) is -0.368. The summed E-state index contributed by atoms with van der Waals surface area (Å²) in [4.78, 5) is 37.9. The van der Waals surface area contributed by atoms with E-state index in [1.165, 1.54) is 12.4 Å². The first-order valence-corrected chi connectivity index (χ1v) is 9.30. The fraction of sp³-hybridized carbons (Fsp3) is 0.579. The van der Waals surface area contributed by atoms with Gasteiger partial charge in [-0.3, -0.25) is 9.59 Å². The number of piperidine rings is 1. The van der Waals surface area contributed by atoms with Gasteiger partial charge in [0.05, 0.1) is 6.04 Å². The Morgan fingerprint density at radius 2 is 1.76 bits per heavy atom. The van der Waals surface area contributed by atoms with Gasteiger partial charge in [0.25, 0.3) is 11.8 Å². The molecule has 3 heterocycles. The van der Waals surface area contributed by atoms with E-state index in [9.17, 15) is 9.59 Å². The zero-order chi connectivity index (χ0) is 17.6. The summed E-state index contributed by atoms with van der Waals surface area (Å²) in [6.45, 7) is 4.17. The standard InChI is InChI=1S/C19H26N4O2/c1-2-3-8-15-9-7-14-23(15)19(25)17-16(20-10-11-21-17)18(24)22-12-5-4-6-13-22/h7,9-11,15H,2-6,8,12-14H2,1H3/t15-/m1/s1. The van der Waals surface area contributed by atoms with E-state index in [1.807, 2.05) is 6.08 Å². The normalized spacial score (nSPS) is 20.1. The average molecular weight is 342 g/mol. The molecular formula is C19H26N4O2. The Morgan fingerprint density at radius 1 is 1.08 bits per heavy atom. The van der Waals surface area contributed by atoms with Crippen molar-refractivity contribution >= 4 is 11.8 Å². The van der Waals surface area contributed by atoms with Gasteiger partial charge in [-0.15, -0.1) is 0 Å². The molecule has 0 aliphatic carbocycles. The molecule has 6 heteroatoms. The van der Waals surface area contributed by atoms with Gasteiger partial charge in [0.15, 0.2) is 11.4 Å². The van der Waals surface area contributed by atoms with E-state index in [-0.39, 0.29) is 29.2 Å². The lowest BCUT2D eigenvalue weighted by Gasteiger charge is -2.28. The van der Waals surface area contributed by atoms with E-state index in [4.69, 9.17) is 0 Å². The summed E-state index contributed by atoms with van der Waals surface area (Å²) < 4.78 is 0. The fourth-order valence-electron chi connectivity index (χ4n) is 3.50. The van der Waals surface area contributed by atoms with E-state index in [1.54, 1.807) is 9.80 Å². The van der Waals surface area contributed by atoms with E-state index < -0.39 is 0 Å². The topological polar surface area (TPSA) is 66.4 Å². The van der Waals surface area contributed by atoms with E-state index in [0.717, 1.165) is 51.6 Å². The Kier molecular flexibility index (Phi) is 5.79. The number of carbonyl (C=O) groups is 2. The SMILES string of the molecule is CCCC[C@@H]1C=CCN1C(=O)c1nccnc1C(=O)N1CCCCC1. The molecule has 0 spiro atoms. The molecule has 6 nitrogen and oxygen atoms in total. The molecule has 3 rings (SSSR count). The average Bonchev–Trinajstić information content (AvgIpc) is 3.14. The van der Waals surface area contributed by atoms with Crippen LogP contribution in [0.25, 0.3) is 0 Å². The van der Waals surface area contributed by atoms with E-state index >= 15 is 0 Å². The summed E-state index contributed by atoms with van der Waals surface area (Å²) in [6.07, 6.45) is 13.3. The first-order chi connectivity index (χ1) is 12.2. The highest BCUT2D eigenvalue weighted by atomic mass is 16.2. The minimum Gasteiger partial charge on any atom is -0.337 e. The van der Waals surface area contributed by atoms with Crippen molar-refractivity contribution in [2.45, 2.75) is 51.5 Å². The van der Waals surface area contributed by atoms with Crippen LogP contribution in [0.1, 0.15) is 66.4 Å². The maximum Gasteiger partial charge on any atom is 0.275 e. The van der Waals surface area contributed by atoms with Crippen molar-refractivity contribution in [1.29, 1.82) is 0 Å². The van der Waals surface area contributed by atoms with Crippen molar-refractivity contribution in [2.75, 3.05) is 19.6 Å². The van der Waals surface area contributed by atoms with Crippen LogP contribution in [0.4, 0.5) is 0 Å². The van der Waals surface area contributed by atoms with Gasteiger partial charge in [0.1, 0.15) is 0 Å². The molecule has 134 valence electrons. The predicted molar refractivity (Wildman–Crippen MR) is 95.3 cm³/mol. The van der Waals surface area contributed by atoms with Gasteiger partial charge < -0.3 is 9.80 Å². The quantitative estimate of drug-likeness (QED) is 0.772. The molecular weight excluding hydrogens is 316 g/mol. The van der Waals surface area contributed by atoms with Crippen molar-refractivity contribution in [3.8, 4) is 0 Å². The van der Waals surface area contributed by atoms with Crippen LogP contribution in [-0.2, 0) is 0 Å². The van der Waals surface area contributed by atoms with Crippen LogP contribution in [0.15, 0.2) is 24.5 Å². The van der Waals surface area contributed by atoms with Gasteiger partial charge in [0, 0.05) is 32.0 Å². The molecule has 1 fully saturated rings. The number of aromatic nitrogens is 2. The molecule has 25 heavy (non-hydrogen) atoms. The number of unbranched alkanes of at least 4 members (excludes halogenated alkanes) is 1. The van der Waals surface area contributed by atoms with Crippen molar-refractivity contribution in [3.05, 3.63) is 35.9 Å². The molecule has 2 aliphatic heterocycles. The molecule has 1 saturated heterocycles. The summed E-state index contributed by atoms with van der Waals surface area (Å²) in [6, 6.07) is 0.0902. The van der Waals surface area contributed by atoms with Crippen molar-refractivity contribution in [3.63, 3.8) is 0 Å². The maximum absolute atomic E-state index is 13.0. The van der Waals surface area contributed by atoms with Crippen LogP contribution < -0.4 is 0 Å². The van der Waals surface area contributed by atoms with Crippen LogP contribution in [0.2, 0.25) is 0 Å². The molecule has 0 bridgehead atoms. The fourth-order valence-corrected chi connectivity index (χ4v) is 3.50. The Balaban J connectivity index is 1.80. The van der Waals surface area contributed by atoms with Gasteiger partial charge >= 0.3 is 0 Å². The highest BCUT2D eigenvalue weighted by Gasteiger charge is 2.31. The molecule has 2 amide bonds. The predicted octanol–water partition coefficient (Wildman–Crippen LogP) is 2.67. The first kappa shape index (κ1) is 17.6. The maximum atomic E-state index is 13.0. The number of rotatable bonds is 5. The zero-order valence-corrected chi connectivity index (χ0v) is 14.9. The van der Waals surface area contributed by atoms with Crippen LogP contribution >= 0.6 is 0 Å². The second-order valence-corrected chi connectivity index (χ2v) is 6.70. The number of nitrogens with zero attached hydrogens (tertiary/aromatic N) is 4. The third kappa shape index (κ3) is 3.89. The van der Waals surface area contributed by atoms with E-state index in [2.05, 4.69) is 23.0 Å². The molecule has 0 radical (unpaired) electrons. The number of amides is 2. The molecule has 1 aromatic rings. The lowest BCUT2D eigenvalue weighted by atomic mass is 10.1. The molecule has 2 aliphatic rings. The molecule has 1 atom stereocenters. The number of hydrogen-bond acceptors (Lipinski definition) is 4. The minimum atomic E-state index is -0.195. The number of carbonyl (C=O) groups excluding carboxylic acids is 2. The van der Waals surface area contributed by atoms with Crippen LogP contribution in [0.3, 0.4) is 0 Å². The highest BCUT2D eigenvalue weighted by Crippen LogP contribution is 2.20. The molecule has 0 N–H and O–H groups in total. The van der Waals surface area contributed by atoms with Gasteiger partial charge in [-0.05, 0) is 25.7 Å². The molecule has 0 aromatic carbocycles. The smallest absolute Gasteiger partial charge is 0.275 e. The van der Waals surface area contributed by atoms with E-state index in [0.29, 0.717) is 6.54 Å². The Labute approximate surface area is 148 Å². The van der Waals surface area contributed by atoms with Gasteiger partial charge in [-0.2, -0.15) is 0 Å². The monoisotopic (exact) mass is 342 g/mol. The highest BCUT2D eigenvalue weighted by molar-refractivity contribution is 6.04. The zero-order valence-electron chi connectivity index (χ0n) is 14.9. The Hall–Kier alpha value is -2.24. The van der Waals surface area contributed by atoms with Gasteiger partial charge in [0.2, 0.25) is 0 Å². The minimum absolute atomic E-state index is 0.0902. The Bertz CT molecular complexity index is 653. The van der Waals surface area contributed by atoms with Crippen molar-refractivity contribution in [1.82, 2.24) is 19.8 Å². The third-order valence-electron chi connectivity index (χ3n) is 4.92. The lowest BCUT2D eigenvalue weighted by molar-refractivity contribution is 0.0683. The largest absolute Gasteiger partial charge is 0.337 e. The summed E-state index contributed by atoms with van der Waals surface area (Å²) in [5.41, 5.74) is 0.374. The molecule has 0 unspecified atom stereocenters. The van der Waals surface area contributed by atoms with Crippen LogP contribution in [-0.4, -0.2) is 57.3 Å². The summed E-state index contributed by atoms with van der Waals surface area (Å²) in [5, 5.41) is 0. The first-order valence-electron chi connectivity index (χ1n) is 9.30. The van der Waals surface area contributed by atoms with Gasteiger partial charge in [-0.1, -0.05) is 31.9 Å². The second kappa shape index (κ2) is 8.23. The summed E-state index contributed by atoms with van der Waals surface area (Å²) in [7, 11) is 0. The van der Waals surface area contributed by atoms with Crippen molar-refractivity contribution in [2.24, 2.45) is 0 Å². The lowest BCUT2D eigenvalue weighted by Crippen LogP contribution is -2.40. The number of hydrogen-bond donors (Lipinski definition) is 0. The van der Waals surface area contributed by atoms with Crippen molar-refractivity contribution < 1.29 is 9.59 Å². The van der Waals surface area contributed by atoms with Crippen LogP contribution in [0, 0.1) is 0 Å². The molecule has 1 aromatic heterocycles. The Morgan fingerprint density at radius 3 is 2.44 bits per heavy atom. The third-order valence-corrected chi connectivity index (χ3v) is 4.92. The van der Waals surface area contributed by atoms with Gasteiger partial charge in [-0.25, -0.2) is 9.97 Å². The number of likely N-dealkylation sites (tertiary alicyclic amines) is 1.